The highest BCUT2D eigenvalue weighted by Crippen LogP contribution is 2.23. The summed E-state index contributed by atoms with van der Waals surface area (Å²) in [6.45, 7) is 4.40. The first-order chi connectivity index (χ1) is 11.9. The van der Waals surface area contributed by atoms with Crippen molar-refractivity contribution in [2.24, 2.45) is 5.73 Å². The minimum absolute atomic E-state index is 0.175. The summed E-state index contributed by atoms with van der Waals surface area (Å²) in [5.41, 5.74) is 8.72. The number of hydrogen-bond donors (Lipinski definition) is 2. The van der Waals surface area contributed by atoms with Crippen LogP contribution in [0.25, 0.3) is 0 Å². The zero-order chi connectivity index (χ0) is 18.6. The summed E-state index contributed by atoms with van der Waals surface area (Å²) in [5, 5.41) is 5.01. The highest BCUT2D eigenvalue weighted by atomic mass is 35.5. The Morgan fingerprint density at radius 1 is 1.48 bits per heavy atom. The number of rotatable bonds is 7. The lowest BCUT2D eigenvalue weighted by Crippen LogP contribution is -2.11. The zero-order valence-electron chi connectivity index (χ0n) is 14.5. The van der Waals surface area contributed by atoms with Gasteiger partial charge in [0.25, 0.3) is 0 Å². The Labute approximate surface area is 154 Å². The predicted octanol–water partition coefficient (Wildman–Crippen LogP) is 2.80. The molecule has 1 atom stereocenters. The molecular weight excluding hydrogens is 363 g/mol. The minimum atomic E-state index is -1.28. The number of benzene rings is 1. The number of halogens is 2. The van der Waals surface area contributed by atoms with Gasteiger partial charge < -0.3 is 5.73 Å². The molecule has 2 rings (SSSR count). The first kappa shape index (κ1) is 19.8. The van der Waals surface area contributed by atoms with Gasteiger partial charge in [0.05, 0.1) is 17.1 Å². The van der Waals surface area contributed by atoms with Gasteiger partial charge in [-0.25, -0.2) is 13.3 Å². The van der Waals surface area contributed by atoms with Gasteiger partial charge in [-0.3, -0.25) is 4.68 Å². The average molecular weight is 385 g/mol. The highest BCUT2D eigenvalue weighted by molar-refractivity contribution is 7.83. The van der Waals surface area contributed by atoms with Crippen LogP contribution in [-0.2, 0) is 24.0 Å². The Balaban J connectivity index is 2.27. The van der Waals surface area contributed by atoms with Gasteiger partial charge in [-0.15, -0.1) is 0 Å². The SMILES string of the molecule is CNS(=O)c1ccc(Cn2nc(C)c(C/C(F)=C/CN)c2C)c(Cl)c1. The van der Waals surface area contributed by atoms with Crippen LogP contribution in [0.1, 0.15) is 22.5 Å². The van der Waals surface area contributed by atoms with E-state index in [1.54, 1.807) is 23.9 Å². The molecule has 0 amide bonds. The molecule has 0 aliphatic heterocycles. The standard InChI is InChI=1S/C17H22ClFN4OS/c1-11-16(8-14(19)6-7-20)12(2)23(22-11)10-13-4-5-15(9-17(13)18)25(24)21-3/h4-6,9,21H,7-8,10,20H2,1-3H3/b14-6-. The van der Waals surface area contributed by atoms with Crippen LogP contribution in [0.15, 0.2) is 35.0 Å². The van der Waals surface area contributed by atoms with Gasteiger partial charge in [0, 0.05) is 29.2 Å². The molecule has 0 saturated carbocycles. The normalized spacial score (nSPS) is 13.3. The fourth-order valence-corrected chi connectivity index (χ4v) is 3.52. The van der Waals surface area contributed by atoms with Crippen molar-refractivity contribution in [3.05, 3.63) is 57.6 Å². The predicted molar refractivity (Wildman–Crippen MR) is 99.7 cm³/mol. The molecule has 0 aliphatic rings. The smallest absolute Gasteiger partial charge is 0.124 e. The Morgan fingerprint density at radius 2 is 2.20 bits per heavy atom. The van der Waals surface area contributed by atoms with Gasteiger partial charge >= 0.3 is 0 Å². The molecule has 1 aromatic carbocycles. The summed E-state index contributed by atoms with van der Waals surface area (Å²) in [5.74, 6) is -0.259. The second-order valence-corrected chi connectivity index (χ2v) is 7.42. The second-order valence-electron chi connectivity index (χ2n) is 5.60. The molecule has 2 aromatic rings. The van der Waals surface area contributed by atoms with Crippen LogP contribution < -0.4 is 10.5 Å². The lowest BCUT2D eigenvalue weighted by molar-refractivity contribution is 0.605. The van der Waals surface area contributed by atoms with Crippen LogP contribution in [0.2, 0.25) is 5.02 Å². The Morgan fingerprint density at radius 3 is 2.80 bits per heavy atom. The van der Waals surface area contributed by atoms with Gasteiger partial charge in [0.2, 0.25) is 0 Å². The fraction of sp³-hybridized carbons (Fsp3) is 0.353. The summed E-state index contributed by atoms with van der Waals surface area (Å²) in [6, 6.07) is 5.28. The van der Waals surface area contributed by atoms with Crippen LogP contribution in [0.3, 0.4) is 0 Å². The summed E-state index contributed by atoms with van der Waals surface area (Å²) >= 11 is 6.32. The van der Waals surface area contributed by atoms with E-state index in [2.05, 4.69) is 9.82 Å². The Kier molecular flexibility index (Phi) is 6.89. The average Bonchev–Trinajstić information content (AvgIpc) is 2.83. The molecular formula is C17H22ClFN4OS. The van der Waals surface area contributed by atoms with Crippen molar-refractivity contribution in [2.45, 2.75) is 31.7 Å². The molecule has 1 heterocycles. The maximum Gasteiger partial charge on any atom is 0.124 e. The molecule has 8 heteroatoms. The third-order valence-corrected chi connectivity index (χ3v) is 5.37. The van der Waals surface area contributed by atoms with Crippen LogP contribution in [0.4, 0.5) is 4.39 Å². The summed E-state index contributed by atoms with van der Waals surface area (Å²) < 4.78 is 30.0. The number of aryl methyl sites for hydroxylation is 1. The maximum atomic E-state index is 13.8. The minimum Gasteiger partial charge on any atom is -0.327 e. The molecule has 0 radical (unpaired) electrons. The van der Waals surface area contributed by atoms with Crippen molar-refractivity contribution in [3.8, 4) is 0 Å². The van der Waals surface area contributed by atoms with Gasteiger partial charge in [-0.2, -0.15) is 5.10 Å². The molecule has 0 fully saturated rings. The van der Waals surface area contributed by atoms with E-state index in [9.17, 15) is 8.60 Å². The fourth-order valence-electron chi connectivity index (χ4n) is 2.56. The number of nitrogens with one attached hydrogen (secondary N) is 1. The summed E-state index contributed by atoms with van der Waals surface area (Å²) in [4.78, 5) is 0.610. The van der Waals surface area contributed by atoms with E-state index in [0.717, 1.165) is 22.5 Å². The van der Waals surface area contributed by atoms with E-state index >= 15 is 0 Å². The van der Waals surface area contributed by atoms with Gasteiger partial charge in [0.1, 0.15) is 16.8 Å². The van der Waals surface area contributed by atoms with E-state index in [0.29, 0.717) is 16.5 Å². The number of hydrogen-bond acceptors (Lipinski definition) is 3. The topological polar surface area (TPSA) is 72.9 Å². The maximum absolute atomic E-state index is 13.8. The summed E-state index contributed by atoms with van der Waals surface area (Å²) in [7, 11) is 0.335. The Bertz CT molecular complexity index is 819. The zero-order valence-corrected chi connectivity index (χ0v) is 16.0. The van der Waals surface area contributed by atoms with E-state index in [1.165, 1.54) is 6.08 Å². The van der Waals surface area contributed by atoms with E-state index in [1.807, 2.05) is 19.9 Å². The molecule has 5 nitrogen and oxygen atoms in total. The first-order valence-electron chi connectivity index (χ1n) is 7.82. The second kappa shape index (κ2) is 8.71. The molecule has 0 bridgehead atoms. The number of nitrogens with two attached hydrogens (primary N) is 1. The molecule has 0 saturated heterocycles. The molecule has 3 N–H and O–H groups in total. The van der Waals surface area contributed by atoms with Crippen molar-refractivity contribution in [2.75, 3.05) is 13.6 Å². The van der Waals surface area contributed by atoms with Crippen molar-refractivity contribution >= 4 is 22.6 Å². The highest BCUT2D eigenvalue weighted by Gasteiger charge is 2.15. The monoisotopic (exact) mass is 384 g/mol. The van der Waals surface area contributed by atoms with Gasteiger partial charge in [-0.1, -0.05) is 17.7 Å². The molecule has 0 aliphatic carbocycles. The quantitative estimate of drug-likeness (QED) is 0.770. The molecule has 136 valence electrons. The molecule has 0 spiro atoms. The Hall–Kier alpha value is -1.54. The first-order valence-corrected chi connectivity index (χ1v) is 9.35. The van der Waals surface area contributed by atoms with Crippen LogP contribution in [0.5, 0.6) is 0 Å². The van der Waals surface area contributed by atoms with Crippen LogP contribution in [-0.4, -0.2) is 27.6 Å². The van der Waals surface area contributed by atoms with E-state index in [-0.39, 0.29) is 18.8 Å². The van der Waals surface area contributed by atoms with E-state index < -0.39 is 11.0 Å². The van der Waals surface area contributed by atoms with Crippen molar-refractivity contribution in [1.82, 2.24) is 14.5 Å². The lowest BCUT2D eigenvalue weighted by Gasteiger charge is -2.09. The van der Waals surface area contributed by atoms with Gasteiger partial charge in [0.15, 0.2) is 0 Å². The summed E-state index contributed by atoms with van der Waals surface area (Å²) in [6.07, 6.45) is 1.55. The number of aromatic nitrogens is 2. The number of allylic oxidation sites excluding steroid dienone is 1. The third kappa shape index (κ3) is 4.76. The third-order valence-electron chi connectivity index (χ3n) is 3.96. The molecule has 1 aromatic heterocycles. The van der Waals surface area contributed by atoms with E-state index in [4.69, 9.17) is 17.3 Å². The van der Waals surface area contributed by atoms with Crippen LogP contribution >= 0.6 is 11.6 Å². The van der Waals surface area contributed by atoms with Crippen molar-refractivity contribution in [3.63, 3.8) is 0 Å². The largest absolute Gasteiger partial charge is 0.327 e. The number of nitrogens with zero attached hydrogens (tertiary/aromatic N) is 2. The lowest BCUT2D eigenvalue weighted by atomic mass is 10.1. The van der Waals surface area contributed by atoms with Gasteiger partial charge in [-0.05, 0) is 44.7 Å². The molecule has 1 unspecified atom stereocenters. The molecule has 25 heavy (non-hydrogen) atoms. The van der Waals surface area contributed by atoms with Crippen molar-refractivity contribution < 1.29 is 8.60 Å². The van der Waals surface area contributed by atoms with Crippen molar-refractivity contribution in [1.29, 1.82) is 0 Å². The van der Waals surface area contributed by atoms with Crippen LogP contribution in [0, 0.1) is 13.8 Å².